The molecule has 5 nitrogen and oxygen atoms in total. The fourth-order valence-corrected chi connectivity index (χ4v) is 1.58. The minimum Gasteiger partial charge on any atom is -0.494 e. The molecule has 0 spiro atoms. The molecular weight excluding hydrogens is 260 g/mol. The number of hydrogen-bond donors (Lipinski definition) is 0. The Morgan fingerprint density at radius 3 is 2.40 bits per heavy atom. The molecule has 0 fully saturated rings. The van der Waals surface area contributed by atoms with Crippen molar-refractivity contribution in [1.29, 1.82) is 0 Å². The van der Waals surface area contributed by atoms with Gasteiger partial charge in [-0.3, -0.25) is 9.59 Å². The molecule has 0 aliphatic heterocycles. The Hall–Kier alpha value is -2.04. The molecule has 0 amide bonds. The molecule has 0 bridgehead atoms. The van der Waals surface area contributed by atoms with E-state index in [2.05, 4.69) is 4.74 Å². The molecule has 1 aromatic rings. The van der Waals surface area contributed by atoms with Crippen LogP contribution in [0, 0.1) is 0 Å². The highest BCUT2D eigenvalue weighted by atomic mass is 16.5. The Morgan fingerprint density at radius 1 is 1.10 bits per heavy atom. The molecule has 5 heteroatoms. The summed E-state index contributed by atoms with van der Waals surface area (Å²) in [5.74, 6) is 0.236. The highest BCUT2D eigenvalue weighted by Gasteiger charge is 2.04. The van der Waals surface area contributed by atoms with Crippen molar-refractivity contribution in [3.05, 3.63) is 29.8 Å². The van der Waals surface area contributed by atoms with E-state index in [0.29, 0.717) is 31.8 Å². The van der Waals surface area contributed by atoms with Crippen LogP contribution in [-0.2, 0) is 25.5 Å². The van der Waals surface area contributed by atoms with E-state index in [4.69, 9.17) is 9.47 Å². The molecule has 0 aliphatic carbocycles. The number of benzene rings is 1. The maximum Gasteiger partial charge on any atom is 0.309 e. The van der Waals surface area contributed by atoms with E-state index < -0.39 is 0 Å². The van der Waals surface area contributed by atoms with Crippen LogP contribution in [0.5, 0.6) is 5.75 Å². The molecule has 20 heavy (non-hydrogen) atoms. The van der Waals surface area contributed by atoms with Gasteiger partial charge in [-0.2, -0.15) is 0 Å². The van der Waals surface area contributed by atoms with Crippen LogP contribution in [0.15, 0.2) is 24.3 Å². The van der Waals surface area contributed by atoms with Gasteiger partial charge in [-0.05, 0) is 31.0 Å². The van der Waals surface area contributed by atoms with Crippen LogP contribution in [0.1, 0.15) is 25.3 Å². The molecule has 0 N–H and O–H groups in total. The van der Waals surface area contributed by atoms with E-state index in [1.54, 1.807) is 19.1 Å². The summed E-state index contributed by atoms with van der Waals surface area (Å²) >= 11 is 0. The maximum atomic E-state index is 11.1. The van der Waals surface area contributed by atoms with Crippen molar-refractivity contribution in [2.75, 3.05) is 20.3 Å². The van der Waals surface area contributed by atoms with Crippen LogP contribution in [0.4, 0.5) is 0 Å². The van der Waals surface area contributed by atoms with Gasteiger partial charge in [-0.15, -0.1) is 0 Å². The predicted molar refractivity (Wildman–Crippen MR) is 73.5 cm³/mol. The summed E-state index contributed by atoms with van der Waals surface area (Å²) in [7, 11) is 1.36. The average Bonchev–Trinajstić information content (AvgIpc) is 2.45. The quantitative estimate of drug-likeness (QED) is 0.539. The third-order valence-corrected chi connectivity index (χ3v) is 2.60. The SMILES string of the molecule is CCOC(=O)CCCOc1ccc(CC(=O)OC)cc1. The van der Waals surface area contributed by atoms with Crippen molar-refractivity contribution < 1.29 is 23.8 Å². The first-order valence-corrected chi connectivity index (χ1v) is 6.60. The molecule has 0 unspecified atom stereocenters. The normalized spacial score (nSPS) is 9.90. The number of hydrogen-bond acceptors (Lipinski definition) is 5. The standard InChI is InChI=1S/C15H20O5/c1-3-19-14(16)5-4-10-20-13-8-6-12(7-9-13)11-15(17)18-2/h6-9H,3-5,10-11H2,1-2H3. The summed E-state index contributed by atoms with van der Waals surface area (Å²) < 4.78 is 14.9. The van der Waals surface area contributed by atoms with Gasteiger partial charge in [0.05, 0.1) is 26.7 Å². The summed E-state index contributed by atoms with van der Waals surface area (Å²) in [5, 5.41) is 0. The van der Waals surface area contributed by atoms with Gasteiger partial charge < -0.3 is 14.2 Å². The molecule has 1 aromatic carbocycles. The first-order valence-electron chi connectivity index (χ1n) is 6.60. The van der Waals surface area contributed by atoms with E-state index in [-0.39, 0.29) is 18.4 Å². The van der Waals surface area contributed by atoms with Crippen LogP contribution in [-0.4, -0.2) is 32.3 Å². The molecule has 0 saturated heterocycles. The van der Waals surface area contributed by atoms with Gasteiger partial charge in [0, 0.05) is 6.42 Å². The van der Waals surface area contributed by atoms with Gasteiger partial charge >= 0.3 is 11.9 Å². The minimum atomic E-state index is -0.270. The van der Waals surface area contributed by atoms with E-state index in [9.17, 15) is 9.59 Å². The zero-order valence-electron chi connectivity index (χ0n) is 11.9. The number of ether oxygens (including phenoxy) is 3. The summed E-state index contributed by atoms with van der Waals surface area (Å²) in [6.45, 7) is 2.64. The van der Waals surface area contributed by atoms with E-state index in [0.717, 1.165) is 5.56 Å². The lowest BCUT2D eigenvalue weighted by atomic mass is 10.1. The Labute approximate surface area is 118 Å². The first kappa shape index (κ1) is 16.0. The molecule has 0 aromatic heterocycles. The van der Waals surface area contributed by atoms with Crippen LogP contribution in [0.25, 0.3) is 0 Å². The third-order valence-electron chi connectivity index (χ3n) is 2.60. The van der Waals surface area contributed by atoms with Crippen LogP contribution < -0.4 is 4.74 Å². The van der Waals surface area contributed by atoms with Crippen LogP contribution >= 0.6 is 0 Å². The third kappa shape index (κ3) is 6.22. The predicted octanol–water partition coefficient (Wildman–Crippen LogP) is 2.12. The Balaban J connectivity index is 2.28. The molecular formula is C15H20O5. The lowest BCUT2D eigenvalue weighted by Gasteiger charge is -2.07. The molecule has 0 heterocycles. The van der Waals surface area contributed by atoms with Crippen molar-refractivity contribution in [1.82, 2.24) is 0 Å². The van der Waals surface area contributed by atoms with E-state index in [1.165, 1.54) is 7.11 Å². The number of esters is 2. The van der Waals surface area contributed by atoms with Crippen LogP contribution in [0.3, 0.4) is 0 Å². The summed E-state index contributed by atoms with van der Waals surface area (Å²) in [6.07, 6.45) is 1.22. The topological polar surface area (TPSA) is 61.8 Å². The van der Waals surface area contributed by atoms with Crippen molar-refractivity contribution in [2.24, 2.45) is 0 Å². The summed E-state index contributed by atoms with van der Waals surface area (Å²) in [4.78, 5) is 22.2. The number of methoxy groups -OCH3 is 1. The number of carbonyl (C=O) groups excluding carboxylic acids is 2. The monoisotopic (exact) mass is 280 g/mol. The van der Waals surface area contributed by atoms with E-state index >= 15 is 0 Å². The van der Waals surface area contributed by atoms with Crippen LogP contribution in [0.2, 0.25) is 0 Å². The number of rotatable bonds is 8. The summed E-state index contributed by atoms with van der Waals surface area (Å²) in [5.41, 5.74) is 0.871. The summed E-state index contributed by atoms with van der Waals surface area (Å²) in [6, 6.07) is 7.22. The Kier molecular flexibility index (Phi) is 7.17. The largest absolute Gasteiger partial charge is 0.494 e. The maximum absolute atomic E-state index is 11.1. The Morgan fingerprint density at radius 2 is 1.80 bits per heavy atom. The van der Waals surface area contributed by atoms with Crippen molar-refractivity contribution in [3.8, 4) is 5.75 Å². The van der Waals surface area contributed by atoms with Crippen molar-refractivity contribution in [3.63, 3.8) is 0 Å². The van der Waals surface area contributed by atoms with Crippen molar-refractivity contribution in [2.45, 2.75) is 26.2 Å². The lowest BCUT2D eigenvalue weighted by molar-refractivity contribution is -0.143. The van der Waals surface area contributed by atoms with Gasteiger partial charge in [0.15, 0.2) is 0 Å². The number of carbonyl (C=O) groups is 2. The second-order valence-corrected chi connectivity index (χ2v) is 4.15. The average molecular weight is 280 g/mol. The second-order valence-electron chi connectivity index (χ2n) is 4.15. The van der Waals surface area contributed by atoms with Gasteiger partial charge in [0.25, 0.3) is 0 Å². The van der Waals surface area contributed by atoms with Gasteiger partial charge in [0.2, 0.25) is 0 Å². The minimum absolute atomic E-state index is 0.204. The smallest absolute Gasteiger partial charge is 0.309 e. The molecule has 0 atom stereocenters. The highest BCUT2D eigenvalue weighted by Crippen LogP contribution is 2.13. The zero-order chi connectivity index (χ0) is 14.8. The molecule has 0 saturated carbocycles. The second kappa shape index (κ2) is 8.96. The fraction of sp³-hybridized carbons (Fsp3) is 0.467. The molecule has 1 rings (SSSR count). The van der Waals surface area contributed by atoms with Crippen molar-refractivity contribution >= 4 is 11.9 Å². The van der Waals surface area contributed by atoms with Gasteiger partial charge in [-0.25, -0.2) is 0 Å². The first-order chi connectivity index (χ1) is 9.65. The zero-order valence-corrected chi connectivity index (χ0v) is 11.9. The lowest BCUT2D eigenvalue weighted by Crippen LogP contribution is -2.07. The van der Waals surface area contributed by atoms with Gasteiger partial charge in [0.1, 0.15) is 5.75 Å². The fourth-order valence-electron chi connectivity index (χ4n) is 1.58. The molecule has 0 aliphatic rings. The molecule has 110 valence electrons. The molecule has 0 radical (unpaired) electrons. The Bertz CT molecular complexity index is 424. The van der Waals surface area contributed by atoms with E-state index in [1.807, 2.05) is 12.1 Å². The highest BCUT2D eigenvalue weighted by molar-refractivity contribution is 5.72. The van der Waals surface area contributed by atoms with Gasteiger partial charge in [-0.1, -0.05) is 12.1 Å².